The lowest BCUT2D eigenvalue weighted by molar-refractivity contribution is -0.135. The number of benzene rings is 1. The highest BCUT2D eigenvalue weighted by molar-refractivity contribution is 6.00. The summed E-state index contributed by atoms with van der Waals surface area (Å²) >= 11 is 0. The highest BCUT2D eigenvalue weighted by Crippen LogP contribution is 2.38. The minimum absolute atomic E-state index is 0.0839. The molecular formula is C36H42N6O9. The molecule has 0 aliphatic carbocycles. The number of carbonyl (C=O) groups is 4. The molecule has 4 aromatic rings. The third-order valence-electron chi connectivity index (χ3n) is 8.80. The van der Waals surface area contributed by atoms with Crippen LogP contribution in [0.3, 0.4) is 0 Å². The fourth-order valence-corrected chi connectivity index (χ4v) is 6.16. The molecule has 270 valence electrons. The Morgan fingerprint density at radius 2 is 1.63 bits per heavy atom. The Labute approximate surface area is 293 Å². The van der Waals surface area contributed by atoms with Crippen LogP contribution in [0.25, 0.3) is 22.0 Å². The molecule has 5 rings (SSSR count). The number of piperidine rings is 1. The number of pyridine rings is 2. The largest absolute Gasteiger partial charge is 0.496 e. The third kappa shape index (κ3) is 8.37. The molecule has 1 atom stereocenters. The Morgan fingerprint density at radius 3 is 2.31 bits per heavy atom. The summed E-state index contributed by atoms with van der Waals surface area (Å²) in [4.78, 5) is 73.8. The predicted molar refractivity (Wildman–Crippen MR) is 188 cm³/mol. The van der Waals surface area contributed by atoms with E-state index in [4.69, 9.17) is 14.2 Å². The van der Waals surface area contributed by atoms with Crippen LogP contribution in [-0.2, 0) is 39.6 Å². The normalized spacial score (nSPS) is 14.3. The molecular weight excluding hydrogens is 660 g/mol. The summed E-state index contributed by atoms with van der Waals surface area (Å²) in [7, 11) is 6.74. The topological polar surface area (TPSA) is 181 Å². The average molecular weight is 703 g/mol. The SMILES string of the molecule is COc1cc(-c2cn(C)c(=O)c3c2ccn3C)cc(OC)c1CCCC(=O)NCCOCCNC(=O)c1ccc(=O)n(C2CCC(=O)NC2=O)c1. The fourth-order valence-electron chi connectivity index (χ4n) is 6.16. The summed E-state index contributed by atoms with van der Waals surface area (Å²) in [5.74, 6) is -0.308. The predicted octanol–water partition coefficient (Wildman–Crippen LogP) is 1.59. The van der Waals surface area contributed by atoms with E-state index in [2.05, 4.69) is 16.0 Å². The van der Waals surface area contributed by atoms with Gasteiger partial charge in [-0.25, -0.2) is 0 Å². The van der Waals surface area contributed by atoms with Crippen molar-refractivity contribution in [3.8, 4) is 22.6 Å². The zero-order valence-corrected chi connectivity index (χ0v) is 29.1. The molecule has 3 N–H and O–H groups in total. The molecule has 15 nitrogen and oxygen atoms in total. The summed E-state index contributed by atoms with van der Waals surface area (Å²) in [6.45, 7) is 0.911. The second kappa shape index (κ2) is 16.3. The maximum atomic E-state index is 12.7. The van der Waals surface area contributed by atoms with Crippen LogP contribution < -0.4 is 36.5 Å². The van der Waals surface area contributed by atoms with Gasteiger partial charge in [0.2, 0.25) is 17.7 Å². The highest BCUT2D eigenvalue weighted by atomic mass is 16.5. The molecule has 1 aromatic carbocycles. The molecule has 15 heteroatoms. The first-order chi connectivity index (χ1) is 24.5. The van der Waals surface area contributed by atoms with Gasteiger partial charge in [0.1, 0.15) is 23.1 Å². The Morgan fingerprint density at radius 1 is 0.922 bits per heavy atom. The Hall–Kier alpha value is -5.70. The van der Waals surface area contributed by atoms with E-state index in [1.54, 1.807) is 32.0 Å². The van der Waals surface area contributed by atoms with Crippen molar-refractivity contribution in [2.24, 2.45) is 14.1 Å². The number of amides is 4. The first-order valence-electron chi connectivity index (χ1n) is 16.6. The van der Waals surface area contributed by atoms with Gasteiger partial charge in [0, 0.05) is 81.2 Å². The zero-order valence-electron chi connectivity index (χ0n) is 29.1. The average Bonchev–Trinajstić information content (AvgIpc) is 3.50. The quantitative estimate of drug-likeness (QED) is 0.122. The van der Waals surface area contributed by atoms with Crippen molar-refractivity contribution < 1.29 is 33.4 Å². The lowest BCUT2D eigenvalue weighted by atomic mass is 9.98. The lowest BCUT2D eigenvalue weighted by Crippen LogP contribution is -2.44. The molecule has 1 saturated heterocycles. The van der Waals surface area contributed by atoms with E-state index in [1.165, 1.54) is 18.3 Å². The van der Waals surface area contributed by atoms with E-state index < -0.39 is 29.3 Å². The van der Waals surface area contributed by atoms with Crippen molar-refractivity contribution in [2.75, 3.05) is 40.5 Å². The van der Waals surface area contributed by atoms with E-state index in [0.29, 0.717) is 36.4 Å². The summed E-state index contributed by atoms with van der Waals surface area (Å²) in [6, 6.07) is 7.47. The van der Waals surface area contributed by atoms with Gasteiger partial charge in [-0.05, 0) is 49.1 Å². The summed E-state index contributed by atoms with van der Waals surface area (Å²) in [5.41, 5.74) is 2.81. The third-order valence-corrected chi connectivity index (χ3v) is 8.80. The number of ether oxygens (including phenoxy) is 3. The molecule has 0 bridgehead atoms. The number of aryl methyl sites for hydroxylation is 2. The minimum Gasteiger partial charge on any atom is -0.496 e. The maximum Gasteiger partial charge on any atom is 0.274 e. The van der Waals surface area contributed by atoms with Crippen molar-refractivity contribution in [3.05, 3.63) is 80.8 Å². The number of hydrogen-bond acceptors (Lipinski definition) is 9. The molecule has 3 aromatic heterocycles. The molecule has 51 heavy (non-hydrogen) atoms. The second-order valence-corrected chi connectivity index (χ2v) is 12.2. The van der Waals surface area contributed by atoms with Crippen LogP contribution in [0.1, 0.15) is 47.6 Å². The number of nitrogens with one attached hydrogen (secondary N) is 3. The minimum atomic E-state index is -0.861. The standard InChI is InChI=1S/C36H42N6O9/c1-40-15-12-24-26(21-41(2)36(48)33(24)40)23-18-28(49-3)25(29(19-23)50-4)6-5-7-30(43)37-13-16-51-17-14-38-34(46)22-8-11-32(45)42(20-22)27-9-10-31(44)39-35(27)47/h8,11-12,15,18-21,27H,5-7,9-10,13-14,16-17H2,1-4H3,(H,37,43)(H,38,46)(H,39,44,47). The lowest BCUT2D eigenvalue weighted by Gasteiger charge is -2.23. The first-order valence-corrected chi connectivity index (χ1v) is 16.6. The second-order valence-electron chi connectivity index (χ2n) is 12.2. The molecule has 1 aliphatic rings. The molecule has 1 aliphatic heterocycles. The van der Waals surface area contributed by atoms with Crippen molar-refractivity contribution in [2.45, 2.75) is 38.1 Å². The number of carbonyl (C=O) groups excluding carboxylic acids is 4. The monoisotopic (exact) mass is 702 g/mol. The molecule has 4 heterocycles. The molecule has 1 unspecified atom stereocenters. The number of hydrogen-bond donors (Lipinski definition) is 3. The van der Waals surface area contributed by atoms with E-state index in [1.807, 2.05) is 36.0 Å². The molecule has 0 radical (unpaired) electrons. The van der Waals surface area contributed by atoms with Gasteiger partial charge in [-0.2, -0.15) is 0 Å². The maximum absolute atomic E-state index is 12.7. The van der Waals surface area contributed by atoms with E-state index in [9.17, 15) is 28.8 Å². The van der Waals surface area contributed by atoms with Gasteiger partial charge in [-0.15, -0.1) is 0 Å². The van der Waals surface area contributed by atoms with Crippen LogP contribution >= 0.6 is 0 Å². The summed E-state index contributed by atoms with van der Waals surface area (Å²) < 4.78 is 21.5. The first kappa shape index (κ1) is 36.6. The molecule has 0 spiro atoms. The Kier molecular flexibility index (Phi) is 11.7. The van der Waals surface area contributed by atoms with Crippen molar-refractivity contribution in [1.29, 1.82) is 0 Å². The van der Waals surface area contributed by atoms with Crippen LogP contribution in [0.5, 0.6) is 11.5 Å². The smallest absolute Gasteiger partial charge is 0.274 e. The van der Waals surface area contributed by atoms with Gasteiger partial charge in [-0.3, -0.25) is 34.1 Å². The van der Waals surface area contributed by atoms with Crippen LogP contribution in [0.2, 0.25) is 0 Å². The van der Waals surface area contributed by atoms with Gasteiger partial charge < -0.3 is 38.5 Å². The zero-order chi connectivity index (χ0) is 36.7. The van der Waals surface area contributed by atoms with Gasteiger partial charge in [0.25, 0.3) is 17.0 Å². The van der Waals surface area contributed by atoms with Gasteiger partial charge >= 0.3 is 0 Å². The summed E-state index contributed by atoms with van der Waals surface area (Å²) in [6.07, 6.45) is 6.62. The van der Waals surface area contributed by atoms with Crippen LogP contribution in [0, 0.1) is 0 Å². The van der Waals surface area contributed by atoms with Crippen molar-refractivity contribution in [3.63, 3.8) is 0 Å². The van der Waals surface area contributed by atoms with E-state index >= 15 is 0 Å². The molecule has 1 fully saturated rings. The van der Waals surface area contributed by atoms with Crippen molar-refractivity contribution >= 4 is 34.5 Å². The number of methoxy groups -OCH3 is 2. The summed E-state index contributed by atoms with van der Waals surface area (Å²) in [5, 5.41) is 8.57. The van der Waals surface area contributed by atoms with Gasteiger partial charge in [0.15, 0.2) is 0 Å². The number of rotatable bonds is 15. The van der Waals surface area contributed by atoms with Crippen LogP contribution in [-0.4, -0.2) is 77.9 Å². The van der Waals surface area contributed by atoms with Crippen LogP contribution in [0.4, 0.5) is 0 Å². The number of fused-ring (bicyclic) bond motifs is 1. The van der Waals surface area contributed by atoms with Crippen LogP contribution in [0.15, 0.2) is 58.5 Å². The molecule has 0 saturated carbocycles. The fraction of sp³-hybridized carbons (Fsp3) is 0.389. The van der Waals surface area contributed by atoms with Gasteiger partial charge in [-0.1, -0.05) is 0 Å². The molecule has 4 amide bonds. The number of imide groups is 1. The number of aromatic nitrogens is 3. The van der Waals surface area contributed by atoms with Gasteiger partial charge in [0.05, 0.1) is 33.0 Å². The van der Waals surface area contributed by atoms with E-state index in [-0.39, 0.29) is 56.1 Å². The number of nitrogens with zero attached hydrogens (tertiary/aromatic N) is 3. The van der Waals surface area contributed by atoms with Crippen molar-refractivity contribution in [1.82, 2.24) is 29.7 Å². The van der Waals surface area contributed by atoms with E-state index in [0.717, 1.165) is 26.6 Å². The Bertz CT molecular complexity index is 2050. The highest BCUT2D eigenvalue weighted by Gasteiger charge is 2.29. The Balaban J connectivity index is 1.05.